The first-order chi connectivity index (χ1) is 22.5. The molecule has 7 heteroatoms. The highest BCUT2D eigenvalue weighted by Gasteiger charge is 2.60. The molecule has 1 unspecified atom stereocenters. The molecule has 48 heavy (non-hydrogen) atoms. The number of carbonyl (C=O) groups excluding carboxylic acids is 2. The van der Waals surface area contributed by atoms with Crippen LogP contribution in [0.4, 0.5) is 4.79 Å². The summed E-state index contributed by atoms with van der Waals surface area (Å²) in [5.74, 6) is 5.99. The Morgan fingerprint density at radius 1 is 0.875 bits per heavy atom. The first-order valence-corrected chi connectivity index (χ1v) is 19.5. The maximum absolute atomic E-state index is 13.1. The standard InChI is InChI=1S/C41H67N3O3.ClH/c1-28(2)12-11-13-29(3)34-19-20-35-33-18-17-31-26-32(21-23-40(31,4)36(33)22-24-41(34,35)5)44-38(45)37(42)16-9-10-25-43-39(46)47-27-30-14-7-6-8-15-30;/h6-8,14-15,28-29,31-37H,9-13,16-27,42H2,1-5H3,(H,43,46)(H,44,45);1H/t29-,31?,32-,33+,34-,35+,36+,37+,40+,41-;/m1./s1. The minimum atomic E-state index is -0.497. The van der Waals surface area contributed by atoms with Gasteiger partial charge >= 0.3 is 6.09 Å². The van der Waals surface area contributed by atoms with Gasteiger partial charge in [0, 0.05) is 12.6 Å². The van der Waals surface area contributed by atoms with Crippen molar-refractivity contribution in [3.8, 4) is 0 Å². The highest BCUT2D eigenvalue weighted by molar-refractivity contribution is 5.85. The van der Waals surface area contributed by atoms with Gasteiger partial charge in [-0.15, -0.1) is 12.4 Å². The number of carbonyl (C=O) groups is 2. The topological polar surface area (TPSA) is 93.5 Å². The fourth-order valence-corrected chi connectivity index (χ4v) is 11.3. The van der Waals surface area contributed by atoms with Gasteiger partial charge in [0.25, 0.3) is 0 Å². The summed E-state index contributed by atoms with van der Waals surface area (Å²) < 4.78 is 5.27. The molecule has 2 amide bonds. The van der Waals surface area contributed by atoms with Crippen LogP contribution in [-0.2, 0) is 16.1 Å². The van der Waals surface area contributed by atoms with Crippen LogP contribution in [0.25, 0.3) is 0 Å². The van der Waals surface area contributed by atoms with Gasteiger partial charge in [-0.1, -0.05) is 84.2 Å². The Labute approximate surface area is 298 Å². The average Bonchev–Trinajstić information content (AvgIpc) is 3.41. The first kappa shape index (κ1) is 39.0. The van der Waals surface area contributed by atoms with E-state index in [1.54, 1.807) is 0 Å². The lowest BCUT2D eigenvalue weighted by atomic mass is 9.44. The molecule has 272 valence electrons. The van der Waals surface area contributed by atoms with Gasteiger partial charge in [0.05, 0.1) is 6.04 Å². The zero-order chi connectivity index (χ0) is 33.6. The second-order valence-electron chi connectivity index (χ2n) is 17.3. The SMILES string of the molecule is CC(C)CCC[C@@H](C)[C@H]1CC[C@H]2[C@@H]3CCC4C[C@H](NC(=O)[C@@H](N)CCCCNC(=O)OCc5ccccc5)CC[C@]4(C)[C@H]3CC[C@]12C.Cl. The number of nitrogens with one attached hydrogen (secondary N) is 2. The summed E-state index contributed by atoms with van der Waals surface area (Å²) in [6.07, 6.45) is 17.9. The number of ether oxygens (including phenoxy) is 1. The summed E-state index contributed by atoms with van der Waals surface area (Å²) in [5, 5.41) is 6.16. The van der Waals surface area contributed by atoms with E-state index in [0.717, 1.165) is 66.8 Å². The van der Waals surface area contributed by atoms with Crippen molar-refractivity contribution in [2.45, 2.75) is 150 Å². The van der Waals surface area contributed by atoms with Crippen LogP contribution in [0.5, 0.6) is 0 Å². The van der Waals surface area contributed by atoms with Crippen molar-refractivity contribution in [2.24, 2.45) is 58.0 Å². The van der Waals surface area contributed by atoms with Crippen molar-refractivity contribution in [2.75, 3.05) is 6.54 Å². The van der Waals surface area contributed by atoms with Crippen LogP contribution in [0.3, 0.4) is 0 Å². The van der Waals surface area contributed by atoms with Crippen LogP contribution in [0.1, 0.15) is 136 Å². The van der Waals surface area contributed by atoms with Crippen molar-refractivity contribution in [1.29, 1.82) is 0 Å². The van der Waals surface area contributed by atoms with Gasteiger partial charge in [0.15, 0.2) is 0 Å². The highest BCUT2D eigenvalue weighted by atomic mass is 35.5. The third kappa shape index (κ3) is 9.11. The number of rotatable bonds is 14. The molecule has 4 aliphatic rings. The molecule has 0 saturated heterocycles. The van der Waals surface area contributed by atoms with Gasteiger partial charge in [-0.25, -0.2) is 4.79 Å². The predicted molar refractivity (Wildman–Crippen MR) is 199 cm³/mol. The Morgan fingerprint density at radius 3 is 2.35 bits per heavy atom. The molecule has 5 rings (SSSR count). The summed E-state index contributed by atoms with van der Waals surface area (Å²) in [6.45, 7) is 13.4. The number of alkyl carbamates (subject to hydrolysis) is 1. The maximum atomic E-state index is 13.1. The van der Waals surface area contributed by atoms with Crippen molar-refractivity contribution in [3.05, 3.63) is 35.9 Å². The van der Waals surface area contributed by atoms with Gasteiger partial charge in [0.2, 0.25) is 5.91 Å². The first-order valence-electron chi connectivity index (χ1n) is 19.5. The number of halogens is 1. The van der Waals surface area contributed by atoms with E-state index < -0.39 is 12.1 Å². The molecular weight excluding hydrogens is 618 g/mol. The predicted octanol–water partition coefficient (Wildman–Crippen LogP) is 9.44. The van der Waals surface area contributed by atoms with E-state index in [0.29, 0.717) is 29.7 Å². The summed E-state index contributed by atoms with van der Waals surface area (Å²) in [4.78, 5) is 25.1. The second-order valence-corrected chi connectivity index (χ2v) is 17.3. The molecule has 0 heterocycles. The van der Waals surface area contributed by atoms with Crippen molar-refractivity contribution < 1.29 is 14.3 Å². The van der Waals surface area contributed by atoms with Crippen LogP contribution in [0.15, 0.2) is 30.3 Å². The Balaban J connectivity index is 0.00000520. The van der Waals surface area contributed by atoms with E-state index in [4.69, 9.17) is 10.5 Å². The quantitative estimate of drug-likeness (QED) is 0.170. The van der Waals surface area contributed by atoms with Crippen molar-refractivity contribution in [3.63, 3.8) is 0 Å². The number of hydrogen-bond acceptors (Lipinski definition) is 4. The molecule has 0 aromatic heterocycles. The third-order valence-electron chi connectivity index (χ3n) is 14.0. The monoisotopic (exact) mass is 685 g/mol. The molecule has 10 atom stereocenters. The van der Waals surface area contributed by atoms with Gasteiger partial charge in [-0.2, -0.15) is 0 Å². The Hall–Kier alpha value is -1.79. The molecular formula is C41H68ClN3O3. The van der Waals surface area contributed by atoms with E-state index in [-0.39, 0.29) is 31.0 Å². The van der Waals surface area contributed by atoms with E-state index in [1.165, 1.54) is 64.2 Å². The van der Waals surface area contributed by atoms with Gasteiger partial charge in [0.1, 0.15) is 6.61 Å². The number of fused-ring (bicyclic) bond motifs is 5. The van der Waals surface area contributed by atoms with Crippen LogP contribution in [-0.4, -0.2) is 30.6 Å². The minimum Gasteiger partial charge on any atom is -0.445 e. The molecule has 0 bridgehead atoms. The Kier molecular flexibility index (Phi) is 14.2. The lowest BCUT2D eigenvalue weighted by molar-refractivity contribution is -0.129. The molecule has 6 nitrogen and oxygen atoms in total. The van der Waals surface area contributed by atoms with E-state index >= 15 is 0 Å². The smallest absolute Gasteiger partial charge is 0.407 e. The third-order valence-corrected chi connectivity index (χ3v) is 14.0. The van der Waals surface area contributed by atoms with E-state index in [1.807, 2.05) is 30.3 Å². The Morgan fingerprint density at radius 2 is 1.60 bits per heavy atom. The fraction of sp³-hybridized carbons (Fsp3) is 0.805. The minimum absolute atomic E-state index is 0. The summed E-state index contributed by atoms with van der Waals surface area (Å²) >= 11 is 0. The average molecular weight is 686 g/mol. The number of hydrogen-bond donors (Lipinski definition) is 3. The molecule has 4 N–H and O–H groups in total. The molecule has 1 aromatic rings. The number of unbranched alkanes of at least 4 members (excludes halogenated alkanes) is 1. The zero-order valence-electron chi connectivity index (χ0n) is 30.8. The molecule has 1 aromatic carbocycles. The molecule has 0 radical (unpaired) electrons. The molecule has 4 saturated carbocycles. The normalized spacial score (nSPS) is 33.7. The fourth-order valence-electron chi connectivity index (χ4n) is 11.3. The lowest BCUT2D eigenvalue weighted by Crippen LogP contribution is -2.56. The summed E-state index contributed by atoms with van der Waals surface area (Å²) in [6, 6.07) is 9.41. The van der Waals surface area contributed by atoms with Gasteiger partial charge in [-0.05, 0) is 135 Å². The number of amides is 2. The summed E-state index contributed by atoms with van der Waals surface area (Å²) in [7, 11) is 0. The Bertz CT molecular complexity index is 1160. The largest absolute Gasteiger partial charge is 0.445 e. The van der Waals surface area contributed by atoms with Crippen LogP contribution in [0, 0.1) is 52.3 Å². The van der Waals surface area contributed by atoms with Gasteiger partial charge in [-0.3, -0.25) is 4.79 Å². The molecule has 0 aliphatic heterocycles. The van der Waals surface area contributed by atoms with Crippen molar-refractivity contribution >= 4 is 24.4 Å². The maximum Gasteiger partial charge on any atom is 0.407 e. The lowest BCUT2D eigenvalue weighted by Gasteiger charge is -2.61. The van der Waals surface area contributed by atoms with Crippen LogP contribution < -0.4 is 16.4 Å². The van der Waals surface area contributed by atoms with Gasteiger partial charge < -0.3 is 21.1 Å². The zero-order valence-corrected chi connectivity index (χ0v) is 31.6. The summed E-state index contributed by atoms with van der Waals surface area (Å²) in [5.41, 5.74) is 8.27. The van der Waals surface area contributed by atoms with Crippen LogP contribution >= 0.6 is 12.4 Å². The van der Waals surface area contributed by atoms with E-state index in [9.17, 15) is 9.59 Å². The second kappa shape index (κ2) is 17.4. The van der Waals surface area contributed by atoms with E-state index in [2.05, 4.69) is 45.3 Å². The van der Waals surface area contributed by atoms with Crippen LogP contribution in [0.2, 0.25) is 0 Å². The molecule has 4 fully saturated rings. The highest BCUT2D eigenvalue weighted by Crippen LogP contribution is 2.68. The molecule has 0 spiro atoms. The number of nitrogens with two attached hydrogens (primary N) is 1. The number of benzene rings is 1. The molecule has 4 aliphatic carbocycles. The van der Waals surface area contributed by atoms with Crippen molar-refractivity contribution in [1.82, 2.24) is 10.6 Å².